The third-order valence-electron chi connectivity index (χ3n) is 5.18. The predicted octanol–water partition coefficient (Wildman–Crippen LogP) is 2.77. The number of rotatable bonds is 7. The van der Waals surface area contributed by atoms with Crippen molar-refractivity contribution in [2.45, 2.75) is 18.4 Å². The second-order valence-electron chi connectivity index (χ2n) is 7.73. The van der Waals surface area contributed by atoms with Crippen LogP contribution < -0.4 is 16.0 Å². The van der Waals surface area contributed by atoms with Crippen LogP contribution in [-0.2, 0) is 16.6 Å². The summed E-state index contributed by atoms with van der Waals surface area (Å²) in [5.74, 6) is -0.558. The molecule has 0 atom stereocenters. The second-order valence-corrected chi connectivity index (χ2v) is 9.50. The lowest BCUT2D eigenvalue weighted by molar-refractivity contribution is 0.430. The molecule has 178 valence electrons. The van der Waals surface area contributed by atoms with Crippen molar-refractivity contribution in [2.75, 3.05) is 0 Å². The van der Waals surface area contributed by atoms with Crippen molar-refractivity contribution in [3.05, 3.63) is 116 Å². The van der Waals surface area contributed by atoms with Gasteiger partial charge in [-0.3, -0.25) is 14.8 Å². The lowest BCUT2D eigenvalue weighted by atomic mass is 10.2. The van der Waals surface area contributed by atoms with Gasteiger partial charge in [0.2, 0.25) is 15.9 Å². The molecule has 4 rings (SSSR count). The number of hydrogen-bond acceptors (Lipinski definition) is 6. The van der Waals surface area contributed by atoms with E-state index in [1.807, 2.05) is 43.3 Å². The van der Waals surface area contributed by atoms with Gasteiger partial charge in [0.15, 0.2) is 0 Å². The summed E-state index contributed by atoms with van der Waals surface area (Å²) >= 11 is 0. The van der Waals surface area contributed by atoms with Gasteiger partial charge in [0.25, 0.3) is 5.56 Å². The van der Waals surface area contributed by atoms with Crippen molar-refractivity contribution in [3.8, 4) is 11.6 Å². The molecule has 0 fully saturated rings. The summed E-state index contributed by atoms with van der Waals surface area (Å²) in [5, 5.41) is 10.6. The molecule has 10 heteroatoms. The lowest BCUT2D eigenvalue weighted by Gasteiger charge is -2.10. The van der Waals surface area contributed by atoms with Gasteiger partial charge in [-0.05, 0) is 54.4 Å². The summed E-state index contributed by atoms with van der Waals surface area (Å²) in [4.78, 5) is 31.0. The first-order valence-electron chi connectivity index (χ1n) is 10.6. The average Bonchev–Trinajstić information content (AvgIpc) is 2.83. The average molecular weight is 491 g/mol. The molecule has 0 amide bonds. The van der Waals surface area contributed by atoms with E-state index in [2.05, 4.69) is 14.7 Å². The summed E-state index contributed by atoms with van der Waals surface area (Å²) in [5.41, 5.74) is 0.623. The SMILES string of the molecule is Cc1cccc(-n2c(O)c(C=Nc3ccc(S(=O)(=O)NCc4ccccc4)cc3)c(=O)[nH]c2=O)c1. The maximum Gasteiger partial charge on any atom is 0.335 e. The number of aromatic amines is 1. The van der Waals surface area contributed by atoms with E-state index in [1.165, 1.54) is 24.3 Å². The van der Waals surface area contributed by atoms with Crippen molar-refractivity contribution in [3.63, 3.8) is 0 Å². The molecule has 9 nitrogen and oxygen atoms in total. The Bertz CT molecular complexity index is 1610. The minimum Gasteiger partial charge on any atom is -0.493 e. The number of sulfonamides is 1. The maximum atomic E-state index is 12.6. The van der Waals surface area contributed by atoms with Crippen LogP contribution in [0, 0.1) is 6.92 Å². The number of H-pyrrole nitrogens is 1. The molecule has 0 saturated heterocycles. The Labute approximate surface area is 201 Å². The van der Waals surface area contributed by atoms with Crippen molar-refractivity contribution < 1.29 is 13.5 Å². The normalized spacial score (nSPS) is 11.7. The van der Waals surface area contributed by atoms with Crippen LogP contribution in [0.3, 0.4) is 0 Å². The van der Waals surface area contributed by atoms with Gasteiger partial charge in [-0.1, -0.05) is 42.5 Å². The van der Waals surface area contributed by atoms with Crippen LogP contribution in [0.1, 0.15) is 16.7 Å². The van der Waals surface area contributed by atoms with E-state index in [0.29, 0.717) is 11.4 Å². The number of aromatic nitrogens is 2. The van der Waals surface area contributed by atoms with Crippen molar-refractivity contribution in [1.82, 2.24) is 14.3 Å². The van der Waals surface area contributed by atoms with Crippen LogP contribution in [0.5, 0.6) is 5.88 Å². The fraction of sp³-hybridized carbons (Fsp3) is 0.0800. The van der Waals surface area contributed by atoms with E-state index in [9.17, 15) is 23.1 Å². The number of benzene rings is 3. The fourth-order valence-corrected chi connectivity index (χ4v) is 4.39. The third-order valence-corrected chi connectivity index (χ3v) is 6.60. The molecule has 0 radical (unpaired) electrons. The van der Waals surface area contributed by atoms with Crippen LogP contribution >= 0.6 is 0 Å². The minimum absolute atomic E-state index is 0.0565. The Hall–Kier alpha value is -4.28. The largest absolute Gasteiger partial charge is 0.493 e. The molecule has 0 bridgehead atoms. The Morgan fingerprint density at radius 2 is 1.71 bits per heavy atom. The molecular formula is C25H22N4O5S. The van der Waals surface area contributed by atoms with Crippen LogP contribution in [0.4, 0.5) is 5.69 Å². The smallest absolute Gasteiger partial charge is 0.335 e. The zero-order chi connectivity index (χ0) is 25.0. The summed E-state index contributed by atoms with van der Waals surface area (Å²) in [6, 6.07) is 21.7. The van der Waals surface area contributed by atoms with Crippen LogP contribution in [-0.4, -0.2) is 29.3 Å². The first-order chi connectivity index (χ1) is 16.7. The monoisotopic (exact) mass is 490 g/mol. The fourth-order valence-electron chi connectivity index (χ4n) is 3.37. The molecule has 0 saturated carbocycles. The van der Waals surface area contributed by atoms with E-state index in [0.717, 1.165) is 21.9 Å². The summed E-state index contributed by atoms with van der Waals surface area (Å²) in [6.07, 6.45) is 1.12. The molecule has 1 heterocycles. The number of aryl methyl sites for hydroxylation is 1. The Morgan fingerprint density at radius 1 is 1.00 bits per heavy atom. The predicted molar refractivity (Wildman–Crippen MR) is 133 cm³/mol. The van der Waals surface area contributed by atoms with Gasteiger partial charge < -0.3 is 5.11 Å². The van der Waals surface area contributed by atoms with E-state index >= 15 is 0 Å². The van der Waals surface area contributed by atoms with E-state index < -0.39 is 27.2 Å². The molecule has 3 N–H and O–H groups in total. The lowest BCUT2D eigenvalue weighted by Crippen LogP contribution is -2.31. The highest BCUT2D eigenvalue weighted by Crippen LogP contribution is 2.19. The Kier molecular flexibility index (Phi) is 6.76. The number of nitrogens with zero attached hydrogens (tertiary/aromatic N) is 2. The zero-order valence-corrected chi connectivity index (χ0v) is 19.5. The highest BCUT2D eigenvalue weighted by atomic mass is 32.2. The highest BCUT2D eigenvalue weighted by Gasteiger charge is 2.15. The maximum absolute atomic E-state index is 12.6. The third kappa shape index (κ3) is 5.45. The van der Waals surface area contributed by atoms with Crippen molar-refractivity contribution in [2.24, 2.45) is 4.99 Å². The standard InChI is InChI=1S/C25H22N4O5S/c1-17-6-5-9-20(14-17)29-24(31)22(23(30)28-25(29)32)16-26-19-10-12-21(13-11-19)35(33,34)27-15-18-7-3-2-4-8-18/h2-14,16,27,31H,15H2,1H3,(H,28,30,32). The van der Waals surface area contributed by atoms with E-state index in [1.54, 1.807) is 18.2 Å². The number of hydrogen-bond donors (Lipinski definition) is 3. The first kappa shape index (κ1) is 23.9. The van der Waals surface area contributed by atoms with Crippen LogP contribution in [0.25, 0.3) is 5.69 Å². The van der Waals surface area contributed by atoms with Gasteiger partial charge in [0, 0.05) is 12.8 Å². The van der Waals surface area contributed by atoms with Gasteiger partial charge in [0.1, 0.15) is 5.56 Å². The quantitative estimate of drug-likeness (QED) is 0.343. The Balaban J connectivity index is 1.57. The topological polar surface area (TPSA) is 134 Å². The summed E-state index contributed by atoms with van der Waals surface area (Å²) < 4.78 is 28.6. The van der Waals surface area contributed by atoms with Crippen LogP contribution in [0.2, 0.25) is 0 Å². The number of aliphatic imine (C=N–C) groups is 1. The molecule has 0 aliphatic heterocycles. The molecule has 4 aromatic rings. The van der Waals surface area contributed by atoms with Gasteiger partial charge >= 0.3 is 5.69 Å². The van der Waals surface area contributed by atoms with Crippen molar-refractivity contribution >= 4 is 21.9 Å². The van der Waals surface area contributed by atoms with E-state index in [4.69, 9.17) is 0 Å². The van der Waals surface area contributed by atoms with Gasteiger partial charge in [-0.2, -0.15) is 0 Å². The van der Waals surface area contributed by atoms with Gasteiger partial charge in [-0.25, -0.2) is 22.5 Å². The molecular weight excluding hydrogens is 468 g/mol. The zero-order valence-electron chi connectivity index (χ0n) is 18.7. The summed E-state index contributed by atoms with van der Waals surface area (Å²) in [7, 11) is -3.74. The Morgan fingerprint density at radius 3 is 2.40 bits per heavy atom. The van der Waals surface area contributed by atoms with Crippen molar-refractivity contribution in [1.29, 1.82) is 0 Å². The number of aromatic hydroxyl groups is 1. The highest BCUT2D eigenvalue weighted by molar-refractivity contribution is 7.89. The van der Waals surface area contributed by atoms with Crippen LogP contribution in [0.15, 0.2) is 98.3 Å². The van der Waals surface area contributed by atoms with E-state index in [-0.39, 0.29) is 17.0 Å². The minimum atomic E-state index is -3.74. The second kappa shape index (κ2) is 9.92. The molecule has 1 aromatic heterocycles. The van der Waals surface area contributed by atoms with Gasteiger partial charge in [-0.15, -0.1) is 0 Å². The molecule has 0 spiro atoms. The molecule has 0 unspecified atom stereocenters. The first-order valence-corrected chi connectivity index (χ1v) is 12.1. The van der Waals surface area contributed by atoms with Gasteiger partial charge in [0.05, 0.1) is 16.3 Å². The summed E-state index contributed by atoms with van der Waals surface area (Å²) in [6.45, 7) is 1.99. The molecule has 0 aliphatic carbocycles. The molecule has 35 heavy (non-hydrogen) atoms. The number of nitrogens with one attached hydrogen (secondary N) is 2. The molecule has 0 aliphatic rings. The molecule has 3 aromatic carbocycles.